The molecule has 0 aromatic heterocycles. The Morgan fingerprint density at radius 1 is 1.60 bits per heavy atom. The van der Waals surface area contributed by atoms with E-state index in [1.807, 2.05) is 0 Å². The van der Waals surface area contributed by atoms with Crippen LogP contribution in [-0.4, -0.2) is 17.4 Å². The summed E-state index contributed by atoms with van der Waals surface area (Å²) in [5, 5.41) is 13.4. The summed E-state index contributed by atoms with van der Waals surface area (Å²) in [5.41, 5.74) is 4.92. The Labute approximate surface area is 90.2 Å². The van der Waals surface area contributed by atoms with Gasteiger partial charge in [0.15, 0.2) is 0 Å². The fourth-order valence-electron chi connectivity index (χ4n) is 0.988. The molecule has 1 amide bonds. The summed E-state index contributed by atoms with van der Waals surface area (Å²) in [6, 6.07) is 4.10. The van der Waals surface area contributed by atoms with E-state index >= 15 is 0 Å². The van der Waals surface area contributed by atoms with Crippen molar-refractivity contribution >= 4 is 28.9 Å². The molecule has 0 aliphatic heterocycles. The van der Waals surface area contributed by atoms with Crippen molar-refractivity contribution in [2.75, 3.05) is 11.9 Å². The zero-order chi connectivity index (χ0) is 11.4. The molecular weight excluding hydrogens is 222 g/mol. The van der Waals surface area contributed by atoms with Gasteiger partial charge in [0.2, 0.25) is 5.91 Å². The molecule has 3 N–H and O–H groups in total. The van der Waals surface area contributed by atoms with Crippen LogP contribution in [0.1, 0.15) is 0 Å². The SMILES string of the molecule is NC(=O)CNc1ccc(Cl)cc1[N+](=O)[O-]. The summed E-state index contributed by atoms with van der Waals surface area (Å²) in [6.45, 7) is -0.164. The predicted octanol–water partition coefficient (Wildman–Crippen LogP) is 1.15. The molecule has 0 spiro atoms. The van der Waals surface area contributed by atoms with E-state index in [1.165, 1.54) is 18.2 Å². The van der Waals surface area contributed by atoms with E-state index in [0.717, 1.165) is 0 Å². The third-order valence-electron chi connectivity index (χ3n) is 1.61. The summed E-state index contributed by atoms with van der Waals surface area (Å²) in [7, 11) is 0. The lowest BCUT2D eigenvalue weighted by molar-refractivity contribution is -0.383. The number of primary amides is 1. The molecule has 80 valence electrons. The lowest BCUT2D eigenvalue weighted by Crippen LogP contribution is -2.22. The van der Waals surface area contributed by atoms with Gasteiger partial charge in [-0.25, -0.2) is 0 Å². The smallest absolute Gasteiger partial charge is 0.293 e. The van der Waals surface area contributed by atoms with E-state index < -0.39 is 10.8 Å². The van der Waals surface area contributed by atoms with Gasteiger partial charge in [-0.2, -0.15) is 0 Å². The van der Waals surface area contributed by atoms with Crippen LogP contribution in [0.3, 0.4) is 0 Å². The van der Waals surface area contributed by atoms with Crippen LogP contribution < -0.4 is 11.1 Å². The molecule has 0 bridgehead atoms. The number of nitro groups is 1. The van der Waals surface area contributed by atoms with Gasteiger partial charge in [0.1, 0.15) is 5.69 Å². The number of amides is 1. The van der Waals surface area contributed by atoms with E-state index in [0.29, 0.717) is 0 Å². The van der Waals surface area contributed by atoms with E-state index in [4.69, 9.17) is 17.3 Å². The average Bonchev–Trinajstić information content (AvgIpc) is 2.15. The minimum atomic E-state index is -0.598. The van der Waals surface area contributed by atoms with E-state index in [1.54, 1.807) is 0 Å². The van der Waals surface area contributed by atoms with Crippen LogP contribution in [0.4, 0.5) is 11.4 Å². The molecule has 1 aromatic rings. The molecule has 0 unspecified atom stereocenters. The maximum Gasteiger partial charge on any atom is 0.293 e. The van der Waals surface area contributed by atoms with Crippen molar-refractivity contribution in [2.45, 2.75) is 0 Å². The van der Waals surface area contributed by atoms with Gasteiger partial charge in [-0.15, -0.1) is 0 Å². The molecule has 0 fully saturated rings. The second-order valence-electron chi connectivity index (χ2n) is 2.74. The van der Waals surface area contributed by atoms with Crippen LogP contribution in [-0.2, 0) is 4.79 Å². The third-order valence-corrected chi connectivity index (χ3v) is 1.84. The number of carbonyl (C=O) groups excluding carboxylic acids is 1. The standard InChI is InChI=1S/C8H8ClN3O3/c9-5-1-2-6(11-4-8(10)13)7(3-5)12(14)15/h1-3,11H,4H2,(H2,10,13). The van der Waals surface area contributed by atoms with Gasteiger partial charge in [0.25, 0.3) is 5.69 Å². The quantitative estimate of drug-likeness (QED) is 0.598. The van der Waals surface area contributed by atoms with Crippen LogP contribution in [0.5, 0.6) is 0 Å². The molecule has 0 aliphatic carbocycles. The van der Waals surface area contributed by atoms with Crippen molar-refractivity contribution in [3.63, 3.8) is 0 Å². The first-order chi connectivity index (χ1) is 7.00. The maximum atomic E-state index is 10.6. The van der Waals surface area contributed by atoms with Crippen molar-refractivity contribution in [3.8, 4) is 0 Å². The zero-order valence-electron chi connectivity index (χ0n) is 7.57. The second kappa shape index (κ2) is 4.61. The molecule has 0 saturated heterocycles. The Morgan fingerprint density at radius 3 is 2.80 bits per heavy atom. The average molecular weight is 230 g/mol. The number of benzene rings is 1. The predicted molar refractivity (Wildman–Crippen MR) is 55.8 cm³/mol. The minimum absolute atomic E-state index is 0.164. The highest BCUT2D eigenvalue weighted by Gasteiger charge is 2.14. The van der Waals surface area contributed by atoms with E-state index in [9.17, 15) is 14.9 Å². The third kappa shape index (κ3) is 3.10. The molecule has 0 aliphatic rings. The molecule has 7 heteroatoms. The van der Waals surface area contributed by atoms with Crippen molar-refractivity contribution in [3.05, 3.63) is 33.3 Å². The minimum Gasteiger partial charge on any atom is -0.371 e. The van der Waals surface area contributed by atoms with Gasteiger partial charge >= 0.3 is 0 Å². The van der Waals surface area contributed by atoms with Crippen molar-refractivity contribution in [1.82, 2.24) is 0 Å². The second-order valence-corrected chi connectivity index (χ2v) is 3.17. The van der Waals surface area contributed by atoms with Gasteiger partial charge in [-0.05, 0) is 12.1 Å². The highest BCUT2D eigenvalue weighted by Crippen LogP contribution is 2.27. The summed E-state index contributed by atoms with van der Waals surface area (Å²) in [4.78, 5) is 20.5. The molecule has 6 nitrogen and oxygen atoms in total. The van der Waals surface area contributed by atoms with Crippen molar-refractivity contribution in [1.29, 1.82) is 0 Å². The number of carbonyl (C=O) groups is 1. The summed E-state index contributed by atoms with van der Waals surface area (Å²) in [6.07, 6.45) is 0. The van der Waals surface area contributed by atoms with Crippen LogP contribution in [0.25, 0.3) is 0 Å². The van der Waals surface area contributed by atoms with Crippen LogP contribution >= 0.6 is 11.6 Å². The normalized spacial score (nSPS) is 9.67. The number of nitro benzene ring substituents is 1. The highest BCUT2D eigenvalue weighted by molar-refractivity contribution is 6.30. The summed E-state index contributed by atoms with van der Waals surface area (Å²) < 4.78 is 0. The Morgan fingerprint density at radius 2 is 2.27 bits per heavy atom. The number of halogens is 1. The van der Waals surface area contributed by atoms with Gasteiger partial charge in [-0.3, -0.25) is 14.9 Å². The first kappa shape index (κ1) is 11.3. The number of anilines is 1. The van der Waals surface area contributed by atoms with Crippen LogP contribution in [0.15, 0.2) is 18.2 Å². The maximum absolute atomic E-state index is 10.6. The molecule has 1 rings (SSSR count). The number of rotatable bonds is 4. The lowest BCUT2D eigenvalue weighted by atomic mass is 10.2. The Hall–Kier alpha value is -1.82. The first-order valence-electron chi connectivity index (χ1n) is 3.97. The highest BCUT2D eigenvalue weighted by atomic mass is 35.5. The van der Waals surface area contributed by atoms with E-state index in [2.05, 4.69) is 5.32 Å². The summed E-state index contributed by atoms with van der Waals surface area (Å²) in [5.74, 6) is -0.598. The lowest BCUT2D eigenvalue weighted by Gasteiger charge is -2.04. The first-order valence-corrected chi connectivity index (χ1v) is 4.34. The monoisotopic (exact) mass is 229 g/mol. The van der Waals surface area contributed by atoms with Crippen LogP contribution in [0.2, 0.25) is 5.02 Å². The fraction of sp³-hybridized carbons (Fsp3) is 0.125. The number of hydrogen-bond donors (Lipinski definition) is 2. The molecule has 1 aromatic carbocycles. The fourth-order valence-corrected chi connectivity index (χ4v) is 1.15. The zero-order valence-corrected chi connectivity index (χ0v) is 8.32. The van der Waals surface area contributed by atoms with Gasteiger partial charge in [0, 0.05) is 11.1 Å². The number of hydrogen-bond acceptors (Lipinski definition) is 4. The van der Waals surface area contributed by atoms with Gasteiger partial charge in [0.05, 0.1) is 11.5 Å². The molecule has 15 heavy (non-hydrogen) atoms. The van der Waals surface area contributed by atoms with Crippen molar-refractivity contribution in [2.24, 2.45) is 5.73 Å². The Kier molecular flexibility index (Phi) is 3.46. The molecule has 0 heterocycles. The molecule has 0 radical (unpaired) electrons. The topological polar surface area (TPSA) is 98.3 Å². The number of nitrogens with two attached hydrogens (primary N) is 1. The summed E-state index contributed by atoms with van der Waals surface area (Å²) >= 11 is 5.60. The Balaban J connectivity index is 2.95. The number of nitrogens with one attached hydrogen (secondary N) is 1. The van der Waals surface area contributed by atoms with Gasteiger partial charge < -0.3 is 11.1 Å². The molecule has 0 saturated carbocycles. The van der Waals surface area contributed by atoms with Crippen LogP contribution in [0, 0.1) is 10.1 Å². The number of nitrogens with zero attached hydrogens (tertiary/aromatic N) is 1. The van der Waals surface area contributed by atoms with Gasteiger partial charge in [-0.1, -0.05) is 11.6 Å². The van der Waals surface area contributed by atoms with Crippen molar-refractivity contribution < 1.29 is 9.72 Å². The molecule has 0 atom stereocenters. The molecular formula is C8H8ClN3O3. The largest absolute Gasteiger partial charge is 0.371 e. The van der Waals surface area contributed by atoms with E-state index in [-0.39, 0.29) is 22.9 Å². The Bertz CT molecular complexity index is 408.